The van der Waals surface area contributed by atoms with Gasteiger partial charge < -0.3 is 14.9 Å². The highest BCUT2D eigenvalue weighted by Crippen LogP contribution is 2.40. The number of aliphatic carboxylic acids is 1. The number of hydrogen-bond donors (Lipinski definition) is 2. The van der Waals surface area contributed by atoms with Gasteiger partial charge in [0.15, 0.2) is 0 Å². The van der Waals surface area contributed by atoms with E-state index in [0.29, 0.717) is 16.9 Å². The molecular formula is C17H16O4. The number of ether oxygens (including phenoxy) is 1. The summed E-state index contributed by atoms with van der Waals surface area (Å²) in [5, 5.41) is 19.2. The van der Waals surface area contributed by atoms with Gasteiger partial charge in [-0.25, -0.2) is 4.79 Å². The third kappa shape index (κ3) is 3.05. The van der Waals surface area contributed by atoms with Crippen LogP contribution in [0.2, 0.25) is 0 Å². The van der Waals surface area contributed by atoms with E-state index >= 15 is 0 Å². The van der Waals surface area contributed by atoms with Crippen molar-refractivity contribution in [2.24, 2.45) is 0 Å². The Bertz CT molecular complexity index is 688. The average molecular weight is 284 g/mol. The number of methoxy groups -OCH3 is 1. The van der Waals surface area contributed by atoms with Crippen molar-refractivity contribution in [3.05, 3.63) is 53.6 Å². The lowest BCUT2D eigenvalue weighted by molar-refractivity contribution is -0.131. The Labute approximate surface area is 122 Å². The van der Waals surface area contributed by atoms with Gasteiger partial charge in [0.05, 0.1) is 7.11 Å². The van der Waals surface area contributed by atoms with Crippen molar-refractivity contribution >= 4 is 12.0 Å². The van der Waals surface area contributed by atoms with Crippen LogP contribution < -0.4 is 4.74 Å². The highest BCUT2D eigenvalue weighted by Gasteiger charge is 2.15. The number of phenolic OH excluding ortho intramolecular Hbond substituents is 1. The standard InChI is InChI=1S/C17H16O4/c1-11-14(21-2)10-13(8-9-15(18)19)17(20)16(11)12-6-4-3-5-7-12/h3-10,20H,1-2H3,(H,18,19). The predicted molar refractivity (Wildman–Crippen MR) is 81.5 cm³/mol. The number of rotatable bonds is 4. The van der Waals surface area contributed by atoms with E-state index in [1.807, 2.05) is 37.3 Å². The molecule has 108 valence electrons. The number of aromatic hydroxyl groups is 1. The van der Waals surface area contributed by atoms with Gasteiger partial charge in [0.25, 0.3) is 0 Å². The summed E-state index contributed by atoms with van der Waals surface area (Å²) in [4.78, 5) is 10.7. The molecule has 4 nitrogen and oxygen atoms in total. The van der Waals surface area contributed by atoms with Crippen molar-refractivity contribution in [2.45, 2.75) is 6.92 Å². The first-order valence-corrected chi connectivity index (χ1v) is 6.41. The van der Waals surface area contributed by atoms with Gasteiger partial charge in [-0.2, -0.15) is 0 Å². The molecule has 0 bridgehead atoms. The normalized spacial score (nSPS) is 10.8. The number of hydrogen-bond acceptors (Lipinski definition) is 3. The summed E-state index contributed by atoms with van der Waals surface area (Å²) in [6.45, 7) is 1.85. The number of carboxylic acids is 1. The molecule has 0 aliphatic heterocycles. The van der Waals surface area contributed by atoms with Crippen molar-refractivity contribution < 1.29 is 19.7 Å². The molecule has 2 aromatic carbocycles. The summed E-state index contributed by atoms with van der Waals surface area (Å²) in [5.41, 5.74) is 2.68. The molecule has 0 unspecified atom stereocenters. The van der Waals surface area contributed by atoms with Gasteiger partial charge in [-0.05, 0) is 24.6 Å². The zero-order valence-electron chi connectivity index (χ0n) is 11.8. The summed E-state index contributed by atoms with van der Waals surface area (Å²) >= 11 is 0. The minimum absolute atomic E-state index is 0.0389. The van der Waals surface area contributed by atoms with Crippen molar-refractivity contribution in [1.82, 2.24) is 0 Å². The van der Waals surface area contributed by atoms with Crippen LogP contribution in [0.5, 0.6) is 11.5 Å². The highest BCUT2D eigenvalue weighted by molar-refractivity contribution is 5.88. The Morgan fingerprint density at radius 2 is 1.90 bits per heavy atom. The second kappa shape index (κ2) is 6.13. The summed E-state index contributed by atoms with van der Waals surface area (Å²) in [7, 11) is 1.54. The molecule has 0 heterocycles. The van der Waals surface area contributed by atoms with Crippen LogP contribution in [0, 0.1) is 6.92 Å². The molecule has 2 N–H and O–H groups in total. The van der Waals surface area contributed by atoms with Crippen LogP contribution in [0.15, 0.2) is 42.5 Å². The summed E-state index contributed by atoms with van der Waals surface area (Å²) in [6.07, 6.45) is 2.34. The lowest BCUT2D eigenvalue weighted by Gasteiger charge is -2.15. The molecule has 0 atom stereocenters. The Morgan fingerprint density at radius 3 is 2.48 bits per heavy atom. The van der Waals surface area contributed by atoms with Crippen LogP contribution >= 0.6 is 0 Å². The molecular weight excluding hydrogens is 268 g/mol. The third-order valence-electron chi connectivity index (χ3n) is 3.23. The first-order valence-electron chi connectivity index (χ1n) is 6.41. The maximum Gasteiger partial charge on any atom is 0.328 e. The van der Waals surface area contributed by atoms with E-state index in [4.69, 9.17) is 9.84 Å². The smallest absolute Gasteiger partial charge is 0.328 e. The fourth-order valence-corrected chi connectivity index (χ4v) is 2.22. The number of carboxylic acid groups (broad SMARTS) is 1. The van der Waals surface area contributed by atoms with Crippen LogP contribution in [-0.4, -0.2) is 23.3 Å². The minimum Gasteiger partial charge on any atom is -0.507 e. The van der Waals surface area contributed by atoms with Gasteiger partial charge >= 0.3 is 5.97 Å². The molecule has 2 aromatic rings. The van der Waals surface area contributed by atoms with E-state index in [2.05, 4.69) is 0 Å². The third-order valence-corrected chi connectivity index (χ3v) is 3.23. The van der Waals surface area contributed by atoms with E-state index < -0.39 is 5.97 Å². The maximum absolute atomic E-state index is 10.7. The van der Waals surface area contributed by atoms with Crippen molar-refractivity contribution in [1.29, 1.82) is 0 Å². The van der Waals surface area contributed by atoms with Crippen LogP contribution in [0.4, 0.5) is 0 Å². The Kier molecular flexibility index (Phi) is 4.28. The molecule has 0 aliphatic rings. The van der Waals surface area contributed by atoms with E-state index in [1.165, 1.54) is 6.08 Å². The largest absolute Gasteiger partial charge is 0.507 e. The minimum atomic E-state index is -1.07. The van der Waals surface area contributed by atoms with E-state index in [-0.39, 0.29) is 5.75 Å². The molecule has 4 heteroatoms. The maximum atomic E-state index is 10.7. The second-order valence-electron chi connectivity index (χ2n) is 4.55. The zero-order chi connectivity index (χ0) is 15.4. The highest BCUT2D eigenvalue weighted by atomic mass is 16.5. The Hall–Kier alpha value is -2.75. The molecule has 0 saturated carbocycles. The molecule has 2 rings (SSSR count). The topological polar surface area (TPSA) is 66.8 Å². The van der Waals surface area contributed by atoms with Crippen LogP contribution in [0.25, 0.3) is 17.2 Å². The van der Waals surface area contributed by atoms with Crippen LogP contribution in [0.1, 0.15) is 11.1 Å². The SMILES string of the molecule is COc1cc(C=CC(=O)O)c(O)c(-c2ccccc2)c1C. The van der Waals surface area contributed by atoms with Crippen LogP contribution in [0.3, 0.4) is 0 Å². The first-order chi connectivity index (χ1) is 10.0. The quantitative estimate of drug-likeness (QED) is 0.844. The predicted octanol–water partition coefficient (Wildman–Crippen LogP) is 3.47. The molecule has 21 heavy (non-hydrogen) atoms. The molecule has 0 saturated heterocycles. The van der Waals surface area contributed by atoms with E-state index in [9.17, 15) is 9.90 Å². The van der Waals surface area contributed by atoms with Gasteiger partial charge in [0.2, 0.25) is 0 Å². The molecule has 0 radical (unpaired) electrons. The monoisotopic (exact) mass is 284 g/mol. The fraction of sp³-hybridized carbons (Fsp3) is 0.118. The summed E-state index contributed by atoms with van der Waals surface area (Å²) in [5.74, 6) is -0.441. The molecule has 0 amide bonds. The van der Waals surface area contributed by atoms with Crippen molar-refractivity contribution in [3.63, 3.8) is 0 Å². The molecule has 0 spiro atoms. The average Bonchev–Trinajstić information content (AvgIpc) is 2.47. The number of benzene rings is 2. The Morgan fingerprint density at radius 1 is 1.24 bits per heavy atom. The van der Waals surface area contributed by atoms with Gasteiger partial charge in [-0.15, -0.1) is 0 Å². The van der Waals surface area contributed by atoms with E-state index in [0.717, 1.165) is 17.2 Å². The first kappa shape index (κ1) is 14.7. The van der Waals surface area contributed by atoms with Crippen molar-refractivity contribution in [2.75, 3.05) is 7.11 Å². The van der Waals surface area contributed by atoms with Crippen molar-refractivity contribution in [3.8, 4) is 22.6 Å². The Balaban J connectivity index is 2.68. The van der Waals surface area contributed by atoms with E-state index in [1.54, 1.807) is 13.2 Å². The van der Waals surface area contributed by atoms with Gasteiger partial charge in [-0.1, -0.05) is 30.3 Å². The summed E-state index contributed by atoms with van der Waals surface area (Å²) < 4.78 is 5.32. The van der Waals surface area contributed by atoms with Gasteiger partial charge in [0.1, 0.15) is 11.5 Å². The zero-order valence-corrected chi connectivity index (χ0v) is 11.8. The van der Waals surface area contributed by atoms with Gasteiger partial charge in [-0.3, -0.25) is 0 Å². The molecule has 0 fully saturated rings. The number of phenols is 1. The molecule has 0 aliphatic carbocycles. The number of carbonyl (C=O) groups is 1. The van der Waals surface area contributed by atoms with Gasteiger partial charge in [0, 0.05) is 22.8 Å². The fourth-order valence-electron chi connectivity index (χ4n) is 2.22. The second-order valence-corrected chi connectivity index (χ2v) is 4.55. The molecule has 0 aromatic heterocycles. The lowest BCUT2D eigenvalue weighted by Crippen LogP contribution is -1.94. The lowest BCUT2D eigenvalue weighted by atomic mass is 9.95. The van der Waals surface area contributed by atoms with Crippen LogP contribution in [-0.2, 0) is 4.79 Å². The summed E-state index contributed by atoms with van der Waals surface area (Å²) in [6, 6.07) is 11.0.